The van der Waals surface area contributed by atoms with E-state index in [9.17, 15) is 4.79 Å². The van der Waals surface area contributed by atoms with Crippen molar-refractivity contribution in [1.82, 2.24) is 0 Å². The standard InChI is InChI=1S/C19H30N2O2/c1-6-7-8-15(20)14-9-10-17-16(11-14)21(13(4)5)19(22)18(23-17)12(2)3/h9-13,15,18H,6-8,20H2,1-5H3. The molecule has 0 saturated carbocycles. The highest BCUT2D eigenvalue weighted by molar-refractivity contribution is 6.00. The van der Waals surface area contributed by atoms with Crippen LogP contribution in [0, 0.1) is 5.92 Å². The molecule has 0 radical (unpaired) electrons. The van der Waals surface area contributed by atoms with Crippen LogP contribution in [0.2, 0.25) is 0 Å². The summed E-state index contributed by atoms with van der Waals surface area (Å²) in [6.45, 7) is 10.3. The molecule has 1 aromatic carbocycles. The Kier molecular flexibility index (Phi) is 5.69. The zero-order valence-electron chi connectivity index (χ0n) is 15.0. The Morgan fingerprint density at radius 3 is 2.52 bits per heavy atom. The van der Waals surface area contributed by atoms with Crippen molar-refractivity contribution in [2.45, 2.75) is 72.1 Å². The molecule has 2 N–H and O–H groups in total. The van der Waals surface area contributed by atoms with Gasteiger partial charge in [-0.25, -0.2) is 0 Å². The number of unbranched alkanes of at least 4 members (excludes halogenated alkanes) is 1. The van der Waals surface area contributed by atoms with Gasteiger partial charge in [-0.2, -0.15) is 0 Å². The predicted molar refractivity (Wildman–Crippen MR) is 94.8 cm³/mol. The Balaban J connectivity index is 2.38. The Hall–Kier alpha value is -1.55. The van der Waals surface area contributed by atoms with Gasteiger partial charge in [0.15, 0.2) is 6.10 Å². The molecule has 4 nitrogen and oxygen atoms in total. The van der Waals surface area contributed by atoms with Gasteiger partial charge in [0.05, 0.1) is 5.69 Å². The maximum atomic E-state index is 12.8. The average molecular weight is 318 g/mol. The maximum absolute atomic E-state index is 12.8. The van der Waals surface area contributed by atoms with Crippen LogP contribution in [0.1, 0.15) is 65.5 Å². The topological polar surface area (TPSA) is 55.6 Å². The van der Waals surface area contributed by atoms with Crippen LogP contribution in [-0.4, -0.2) is 18.1 Å². The van der Waals surface area contributed by atoms with Crippen LogP contribution in [0.5, 0.6) is 5.75 Å². The van der Waals surface area contributed by atoms with E-state index in [-0.39, 0.29) is 23.9 Å². The molecule has 0 bridgehead atoms. The summed E-state index contributed by atoms with van der Waals surface area (Å²) in [6.07, 6.45) is 2.79. The van der Waals surface area contributed by atoms with E-state index in [2.05, 4.69) is 6.92 Å². The van der Waals surface area contributed by atoms with E-state index >= 15 is 0 Å². The first kappa shape index (κ1) is 17.8. The third-order valence-electron chi connectivity index (χ3n) is 4.40. The number of rotatable bonds is 6. The second kappa shape index (κ2) is 7.35. The van der Waals surface area contributed by atoms with Gasteiger partial charge >= 0.3 is 0 Å². The first-order valence-corrected chi connectivity index (χ1v) is 8.76. The van der Waals surface area contributed by atoms with Gasteiger partial charge in [0.25, 0.3) is 5.91 Å². The molecule has 0 aromatic heterocycles. The quantitative estimate of drug-likeness (QED) is 0.861. The minimum absolute atomic E-state index is 0.00665. The number of carbonyl (C=O) groups is 1. The lowest BCUT2D eigenvalue weighted by molar-refractivity contribution is -0.128. The summed E-state index contributed by atoms with van der Waals surface area (Å²) >= 11 is 0. The SMILES string of the molecule is CCCCC(N)c1ccc2c(c1)N(C(C)C)C(=O)C(C(C)C)O2. The zero-order chi connectivity index (χ0) is 17.1. The number of ether oxygens (including phenoxy) is 1. The molecular formula is C19H30N2O2. The van der Waals surface area contributed by atoms with E-state index in [1.54, 1.807) is 0 Å². The maximum Gasteiger partial charge on any atom is 0.268 e. The van der Waals surface area contributed by atoms with Crippen molar-refractivity contribution < 1.29 is 9.53 Å². The van der Waals surface area contributed by atoms with E-state index in [0.717, 1.165) is 36.3 Å². The lowest BCUT2D eigenvalue weighted by atomic mass is 9.98. The molecule has 2 rings (SSSR count). The number of benzene rings is 1. The highest BCUT2D eigenvalue weighted by atomic mass is 16.5. The first-order valence-electron chi connectivity index (χ1n) is 8.76. The minimum atomic E-state index is -0.412. The predicted octanol–water partition coefficient (Wildman–Crippen LogP) is 4.04. The summed E-state index contributed by atoms with van der Waals surface area (Å²) in [5, 5.41) is 0. The highest BCUT2D eigenvalue weighted by Crippen LogP contribution is 2.38. The number of hydrogen-bond acceptors (Lipinski definition) is 3. The van der Waals surface area contributed by atoms with E-state index in [1.165, 1.54) is 0 Å². The van der Waals surface area contributed by atoms with Crippen LogP contribution >= 0.6 is 0 Å². The van der Waals surface area contributed by atoms with Crippen LogP contribution < -0.4 is 15.4 Å². The third kappa shape index (κ3) is 3.69. The average Bonchev–Trinajstić information content (AvgIpc) is 2.50. The third-order valence-corrected chi connectivity index (χ3v) is 4.40. The smallest absolute Gasteiger partial charge is 0.268 e. The number of nitrogens with two attached hydrogens (primary N) is 1. The summed E-state index contributed by atoms with van der Waals surface area (Å²) in [6, 6.07) is 6.13. The van der Waals surface area contributed by atoms with Crippen molar-refractivity contribution in [3.63, 3.8) is 0 Å². The largest absolute Gasteiger partial charge is 0.478 e. The fraction of sp³-hybridized carbons (Fsp3) is 0.632. The van der Waals surface area contributed by atoms with Crippen molar-refractivity contribution in [3.05, 3.63) is 23.8 Å². The summed E-state index contributed by atoms with van der Waals surface area (Å²) in [5.41, 5.74) is 8.23. The van der Waals surface area contributed by atoms with Crippen molar-refractivity contribution in [3.8, 4) is 5.75 Å². The van der Waals surface area contributed by atoms with Crippen LogP contribution in [0.15, 0.2) is 18.2 Å². The molecule has 4 heteroatoms. The van der Waals surface area contributed by atoms with E-state index in [0.29, 0.717) is 0 Å². The number of hydrogen-bond donors (Lipinski definition) is 1. The molecule has 1 aliphatic heterocycles. The Morgan fingerprint density at radius 1 is 1.26 bits per heavy atom. The molecule has 0 saturated heterocycles. The summed E-state index contributed by atoms with van der Waals surface area (Å²) in [5.74, 6) is 0.966. The molecule has 1 aliphatic rings. The van der Waals surface area contributed by atoms with E-state index in [1.807, 2.05) is 50.8 Å². The molecule has 1 heterocycles. The second-order valence-electron chi connectivity index (χ2n) is 7.06. The number of amides is 1. The second-order valence-corrected chi connectivity index (χ2v) is 7.06. The van der Waals surface area contributed by atoms with Crippen molar-refractivity contribution in [2.75, 3.05) is 4.90 Å². The molecule has 1 amide bonds. The highest BCUT2D eigenvalue weighted by Gasteiger charge is 2.37. The molecular weight excluding hydrogens is 288 g/mol. The minimum Gasteiger partial charge on any atom is -0.478 e. The Bertz CT molecular complexity index is 554. The fourth-order valence-electron chi connectivity index (χ4n) is 3.04. The van der Waals surface area contributed by atoms with Crippen molar-refractivity contribution >= 4 is 11.6 Å². The molecule has 23 heavy (non-hydrogen) atoms. The van der Waals surface area contributed by atoms with Gasteiger partial charge < -0.3 is 15.4 Å². The first-order chi connectivity index (χ1) is 10.9. The van der Waals surface area contributed by atoms with E-state index in [4.69, 9.17) is 10.5 Å². The van der Waals surface area contributed by atoms with Crippen molar-refractivity contribution in [1.29, 1.82) is 0 Å². The lowest BCUT2D eigenvalue weighted by Gasteiger charge is -2.38. The van der Waals surface area contributed by atoms with Gasteiger partial charge in [-0.05, 0) is 43.9 Å². The van der Waals surface area contributed by atoms with Crippen LogP contribution in [0.4, 0.5) is 5.69 Å². The summed E-state index contributed by atoms with van der Waals surface area (Å²) in [7, 11) is 0. The summed E-state index contributed by atoms with van der Waals surface area (Å²) in [4.78, 5) is 14.7. The number of carbonyl (C=O) groups excluding carboxylic acids is 1. The molecule has 0 aliphatic carbocycles. The van der Waals surface area contributed by atoms with Gasteiger partial charge in [0, 0.05) is 12.1 Å². The van der Waals surface area contributed by atoms with Gasteiger partial charge in [0.1, 0.15) is 5.75 Å². The Morgan fingerprint density at radius 2 is 1.96 bits per heavy atom. The van der Waals surface area contributed by atoms with Crippen LogP contribution in [-0.2, 0) is 4.79 Å². The van der Waals surface area contributed by atoms with Gasteiger partial charge in [-0.15, -0.1) is 0 Å². The van der Waals surface area contributed by atoms with E-state index < -0.39 is 6.10 Å². The monoisotopic (exact) mass is 318 g/mol. The number of fused-ring (bicyclic) bond motifs is 1. The molecule has 2 atom stereocenters. The zero-order valence-corrected chi connectivity index (χ0v) is 15.0. The van der Waals surface area contributed by atoms with Gasteiger partial charge in [-0.1, -0.05) is 39.7 Å². The molecule has 0 fully saturated rings. The molecule has 2 unspecified atom stereocenters. The van der Waals surface area contributed by atoms with Gasteiger partial charge in [-0.3, -0.25) is 4.79 Å². The molecule has 128 valence electrons. The molecule has 0 spiro atoms. The van der Waals surface area contributed by atoms with Crippen molar-refractivity contribution in [2.24, 2.45) is 11.7 Å². The summed E-state index contributed by atoms with van der Waals surface area (Å²) < 4.78 is 5.97. The van der Waals surface area contributed by atoms with Crippen LogP contribution in [0.25, 0.3) is 0 Å². The van der Waals surface area contributed by atoms with Gasteiger partial charge in [0.2, 0.25) is 0 Å². The number of anilines is 1. The Labute approximate surface area is 140 Å². The lowest BCUT2D eigenvalue weighted by Crippen LogP contribution is -2.51. The van der Waals surface area contributed by atoms with Crippen LogP contribution in [0.3, 0.4) is 0 Å². The fourth-order valence-corrected chi connectivity index (χ4v) is 3.04. The molecule has 1 aromatic rings. The number of nitrogens with zero attached hydrogens (tertiary/aromatic N) is 1. The normalized spacial score (nSPS) is 19.0.